The lowest BCUT2D eigenvalue weighted by Gasteiger charge is -2.41. The van der Waals surface area contributed by atoms with Crippen LogP contribution in [0.15, 0.2) is 48.0 Å². The number of halogens is 3. The Morgan fingerprint density at radius 2 is 2.19 bits per heavy atom. The molecule has 0 aromatic carbocycles. The molecule has 0 aromatic heterocycles. The fraction of sp³-hybridized carbons (Fsp3) is 0.471. The van der Waals surface area contributed by atoms with Crippen LogP contribution in [0, 0.1) is 11.3 Å². The van der Waals surface area contributed by atoms with Crippen molar-refractivity contribution in [3.05, 3.63) is 48.0 Å². The zero-order chi connectivity index (χ0) is 19.3. The predicted molar refractivity (Wildman–Crippen MR) is 93.3 cm³/mol. The average molecular weight is 387 g/mol. The molecule has 0 N–H and O–H groups in total. The molecule has 0 amide bonds. The first-order chi connectivity index (χ1) is 12.2. The van der Waals surface area contributed by atoms with Gasteiger partial charge in [-0.2, -0.15) is 18.4 Å². The number of rotatable bonds is 5. The molecule has 9 heteroatoms. The second-order valence-electron chi connectivity index (χ2n) is 5.85. The summed E-state index contributed by atoms with van der Waals surface area (Å²) in [6.07, 6.45) is 6.29. The van der Waals surface area contributed by atoms with Crippen molar-refractivity contribution in [2.45, 2.75) is 24.6 Å². The molecular formula is C17H20F3N3O2S. The fourth-order valence-corrected chi connectivity index (χ4v) is 3.21. The lowest BCUT2D eigenvalue weighted by molar-refractivity contribution is -0.0844. The monoisotopic (exact) mass is 387 g/mol. The van der Waals surface area contributed by atoms with Gasteiger partial charge < -0.3 is 18.7 Å². The van der Waals surface area contributed by atoms with Crippen LogP contribution < -0.4 is 0 Å². The summed E-state index contributed by atoms with van der Waals surface area (Å²) in [4.78, 5) is 3.78. The first-order valence-electron chi connectivity index (χ1n) is 7.91. The van der Waals surface area contributed by atoms with Crippen LogP contribution in [0.1, 0.15) is 6.92 Å². The molecule has 0 aromatic rings. The molecule has 0 radical (unpaired) electrons. The third-order valence-corrected chi connectivity index (χ3v) is 4.29. The Kier molecular flexibility index (Phi) is 6.81. The number of allylic oxidation sites excluding steroid dienone is 5. The summed E-state index contributed by atoms with van der Waals surface area (Å²) in [7, 11) is 1.78. The first-order valence-corrected chi connectivity index (χ1v) is 8.66. The number of alkyl halides is 3. The summed E-state index contributed by atoms with van der Waals surface area (Å²) in [5, 5.41) is 9.20. The van der Waals surface area contributed by atoms with E-state index in [0.717, 1.165) is 11.4 Å². The highest BCUT2D eigenvalue weighted by molar-refractivity contribution is 7.95. The summed E-state index contributed by atoms with van der Waals surface area (Å²) in [5.74, 6) is 0. The highest BCUT2D eigenvalue weighted by Crippen LogP contribution is 2.32. The lowest BCUT2D eigenvalue weighted by atomic mass is 10.1. The molecule has 1 saturated heterocycles. The maximum absolute atomic E-state index is 12.2. The average Bonchev–Trinajstić information content (AvgIpc) is 2.55. The van der Waals surface area contributed by atoms with Crippen LogP contribution in [0.2, 0.25) is 0 Å². The third-order valence-electron chi connectivity index (χ3n) is 3.85. The number of hydrogen-bond acceptors (Lipinski definition) is 6. The summed E-state index contributed by atoms with van der Waals surface area (Å²) >= 11 is -0.514. The van der Waals surface area contributed by atoms with Gasteiger partial charge in [-0.3, -0.25) is 0 Å². The molecule has 2 atom stereocenters. The molecule has 0 bridgehead atoms. The summed E-state index contributed by atoms with van der Waals surface area (Å²) in [5.41, 5.74) is -2.30. The minimum atomic E-state index is -4.44. The Hall–Kier alpha value is -1.89. The molecule has 2 aliphatic heterocycles. The van der Waals surface area contributed by atoms with Gasteiger partial charge in [0, 0.05) is 20.1 Å². The van der Waals surface area contributed by atoms with Crippen molar-refractivity contribution in [1.82, 2.24) is 9.80 Å². The second-order valence-corrected chi connectivity index (χ2v) is 6.71. The molecule has 2 unspecified atom stereocenters. The molecular weight excluding hydrogens is 367 g/mol. The highest BCUT2D eigenvalue weighted by Gasteiger charge is 2.33. The quantitative estimate of drug-likeness (QED) is 0.673. The van der Waals surface area contributed by atoms with E-state index in [2.05, 4.69) is 16.8 Å². The lowest BCUT2D eigenvalue weighted by Crippen LogP contribution is -2.48. The molecule has 1 fully saturated rings. The number of ether oxygens (including phenoxy) is 1. The second kappa shape index (κ2) is 8.66. The molecule has 142 valence electrons. The fourth-order valence-electron chi connectivity index (χ4n) is 2.86. The van der Waals surface area contributed by atoms with Crippen LogP contribution in [0.5, 0.6) is 0 Å². The topological polar surface area (TPSA) is 48.7 Å². The van der Waals surface area contributed by atoms with Crippen molar-refractivity contribution in [1.29, 1.82) is 5.26 Å². The largest absolute Gasteiger partial charge is 0.467 e. The minimum Gasteiger partial charge on any atom is -0.369 e. The molecule has 5 nitrogen and oxygen atoms in total. The van der Waals surface area contributed by atoms with E-state index in [9.17, 15) is 18.4 Å². The summed E-state index contributed by atoms with van der Waals surface area (Å²) in [6.45, 7) is 6.35. The van der Waals surface area contributed by atoms with E-state index in [1.54, 1.807) is 30.2 Å². The molecule has 2 rings (SSSR count). The van der Waals surface area contributed by atoms with Crippen LogP contribution >= 0.6 is 12.0 Å². The maximum atomic E-state index is 12.2. The molecule has 2 aliphatic rings. The Bertz CT molecular complexity index is 667. The number of morpholine rings is 1. The first kappa shape index (κ1) is 20.4. The zero-order valence-corrected chi connectivity index (χ0v) is 15.3. The normalized spacial score (nSPS) is 25.6. The van der Waals surface area contributed by atoms with Crippen LogP contribution in [0.4, 0.5) is 13.2 Å². The van der Waals surface area contributed by atoms with Crippen molar-refractivity contribution in [3.63, 3.8) is 0 Å². The Labute approximate surface area is 155 Å². The van der Waals surface area contributed by atoms with E-state index in [1.165, 1.54) is 0 Å². The van der Waals surface area contributed by atoms with Crippen LogP contribution in [-0.4, -0.2) is 54.3 Å². The van der Waals surface area contributed by atoms with Gasteiger partial charge in [0.2, 0.25) is 0 Å². The number of nitriles is 1. The van der Waals surface area contributed by atoms with Gasteiger partial charge in [-0.1, -0.05) is 12.7 Å². The van der Waals surface area contributed by atoms with Gasteiger partial charge in [0.1, 0.15) is 23.8 Å². The minimum absolute atomic E-state index is 0.173. The van der Waals surface area contributed by atoms with E-state index in [1.807, 2.05) is 17.9 Å². The third kappa shape index (κ3) is 5.30. The van der Waals surface area contributed by atoms with Gasteiger partial charge in [-0.05, 0) is 25.2 Å². The van der Waals surface area contributed by atoms with Gasteiger partial charge in [0.15, 0.2) is 0 Å². The zero-order valence-electron chi connectivity index (χ0n) is 14.5. The van der Waals surface area contributed by atoms with Gasteiger partial charge in [0.05, 0.1) is 30.2 Å². The van der Waals surface area contributed by atoms with E-state index in [4.69, 9.17) is 4.74 Å². The predicted octanol–water partition coefficient (Wildman–Crippen LogP) is 3.57. The molecule has 0 spiro atoms. The van der Waals surface area contributed by atoms with E-state index in [-0.39, 0.29) is 12.7 Å². The van der Waals surface area contributed by atoms with Crippen molar-refractivity contribution in [3.8, 4) is 6.07 Å². The molecule has 26 heavy (non-hydrogen) atoms. The van der Waals surface area contributed by atoms with Crippen molar-refractivity contribution < 1.29 is 22.1 Å². The van der Waals surface area contributed by atoms with Crippen LogP contribution in [-0.2, 0) is 8.92 Å². The van der Waals surface area contributed by atoms with Gasteiger partial charge in [-0.15, -0.1) is 0 Å². The molecule has 2 heterocycles. The Balaban J connectivity index is 2.14. The SMILES string of the molecule is C=C/C=C1/C(N2CC(C)OC(COSC(F)(F)F)C2)=CC=C(C#N)N1C. The Morgan fingerprint density at radius 1 is 1.46 bits per heavy atom. The number of likely N-dealkylation sites (N-methyl/N-ethyl adjacent to an activating group) is 1. The van der Waals surface area contributed by atoms with E-state index < -0.39 is 23.7 Å². The maximum Gasteiger partial charge on any atom is 0.467 e. The van der Waals surface area contributed by atoms with Crippen molar-refractivity contribution in [2.75, 3.05) is 26.7 Å². The summed E-state index contributed by atoms with van der Waals surface area (Å²) < 4.78 is 47.0. The number of nitrogens with zero attached hydrogens (tertiary/aromatic N) is 3. The smallest absolute Gasteiger partial charge is 0.369 e. The molecule has 0 aliphatic carbocycles. The van der Waals surface area contributed by atoms with Crippen molar-refractivity contribution >= 4 is 12.0 Å². The Morgan fingerprint density at radius 3 is 2.81 bits per heavy atom. The summed E-state index contributed by atoms with van der Waals surface area (Å²) in [6, 6.07) is 2.12. The number of hydrogen-bond donors (Lipinski definition) is 0. The van der Waals surface area contributed by atoms with Gasteiger partial charge in [0.25, 0.3) is 0 Å². The van der Waals surface area contributed by atoms with E-state index >= 15 is 0 Å². The van der Waals surface area contributed by atoms with Crippen molar-refractivity contribution in [2.24, 2.45) is 0 Å². The standard InChI is InChI=1S/C17H20F3N3O2S/c1-4-5-15-16(7-6-13(8-21)22(15)3)23-9-12(2)25-14(10-23)11-24-26-17(18,19)20/h4-7,12,14H,1,9-11H2,2-3H3/b15-5-. The van der Waals surface area contributed by atoms with Crippen LogP contribution in [0.3, 0.4) is 0 Å². The van der Waals surface area contributed by atoms with Gasteiger partial charge in [-0.25, -0.2) is 0 Å². The molecule has 0 saturated carbocycles. The van der Waals surface area contributed by atoms with Gasteiger partial charge >= 0.3 is 5.51 Å². The van der Waals surface area contributed by atoms with E-state index in [0.29, 0.717) is 18.8 Å². The highest BCUT2D eigenvalue weighted by atomic mass is 32.2. The van der Waals surface area contributed by atoms with Crippen LogP contribution in [0.25, 0.3) is 0 Å².